The van der Waals surface area contributed by atoms with E-state index in [4.69, 9.17) is 0 Å². The van der Waals surface area contributed by atoms with Gasteiger partial charge in [-0.25, -0.2) is 8.42 Å². The Morgan fingerprint density at radius 3 is 2.74 bits per heavy atom. The van der Waals surface area contributed by atoms with Gasteiger partial charge in [0.05, 0.1) is 6.26 Å². The van der Waals surface area contributed by atoms with Crippen molar-refractivity contribution >= 4 is 15.7 Å². The van der Waals surface area contributed by atoms with Gasteiger partial charge in [0.2, 0.25) is 10.0 Å². The van der Waals surface area contributed by atoms with Gasteiger partial charge in [0.1, 0.15) is 0 Å². The van der Waals surface area contributed by atoms with E-state index in [1.54, 1.807) is 6.07 Å². The van der Waals surface area contributed by atoms with Crippen molar-refractivity contribution in [1.29, 1.82) is 0 Å². The van der Waals surface area contributed by atoms with Gasteiger partial charge >= 0.3 is 0 Å². The maximum atomic E-state index is 11.4. The van der Waals surface area contributed by atoms with Gasteiger partial charge in [0, 0.05) is 23.8 Å². The summed E-state index contributed by atoms with van der Waals surface area (Å²) in [5.41, 5.74) is 2.08. The van der Waals surface area contributed by atoms with Crippen LogP contribution in [-0.2, 0) is 16.6 Å². The molecule has 128 valence electrons. The predicted octanol–water partition coefficient (Wildman–Crippen LogP) is 2.16. The third kappa shape index (κ3) is 3.70. The Hall–Kier alpha value is -1.11. The normalized spacial score (nSPS) is 24.3. The summed E-state index contributed by atoms with van der Waals surface area (Å²) in [6.07, 6.45) is 7.61. The zero-order valence-electron chi connectivity index (χ0n) is 14.0. The highest BCUT2D eigenvalue weighted by Crippen LogP contribution is 2.42. The minimum atomic E-state index is -3.23. The smallest absolute Gasteiger partial charge is 0.229 e. The van der Waals surface area contributed by atoms with E-state index in [0.717, 1.165) is 18.7 Å². The molecule has 1 aromatic carbocycles. The summed E-state index contributed by atoms with van der Waals surface area (Å²) in [7, 11) is -0.973. The van der Waals surface area contributed by atoms with Crippen molar-refractivity contribution in [3.63, 3.8) is 0 Å². The van der Waals surface area contributed by atoms with Crippen LogP contribution in [0.4, 0.5) is 5.69 Å². The molecule has 1 atom stereocenters. The number of hydrogen-bond acceptors (Lipinski definition) is 4. The van der Waals surface area contributed by atoms with Crippen LogP contribution >= 0.6 is 0 Å². The van der Waals surface area contributed by atoms with Gasteiger partial charge in [-0.15, -0.1) is 0 Å². The predicted molar refractivity (Wildman–Crippen MR) is 94.0 cm³/mol. The number of nitrogens with zero attached hydrogens (tertiary/aromatic N) is 1. The van der Waals surface area contributed by atoms with E-state index in [2.05, 4.69) is 22.0 Å². The molecule has 2 N–H and O–H groups in total. The molecule has 0 bridgehead atoms. The molecule has 1 saturated carbocycles. The maximum Gasteiger partial charge on any atom is 0.229 e. The molecule has 0 amide bonds. The average Bonchev–Trinajstić information content (AvgIpc) is 3.06. The van der Waals surface area contributed by atoms with Gasteiger partial charge in [-0.3, -0.25) is 9.62 Å². The van der Waals surface area contributed by atoms with Gasteiger partial charge in [0.25, 0.3) is 0 Å². The van der Waals surface area contributed by atoms with Crippen LogP contribution in [0, 0.1) is 0 Å². The van der Waals surface area contributed by atoms with Crippen molar-refractivity contribution in [2.24, 2.45) is 0 Å². The van der Waals surface area contributed by atoms with Crippen LogP contribution in [0.1, 0.15) is 37.7 Å². The molecule has 5 nitrogen and oxygen atoms in total. The highest BCUT2D eigenvalue weighted by molar-refractivity contribution is 7.92. The van der Waals surface area contributed by atoms with Crippen molar-refractivity contribution in [1.82, 2.24) is 10.2 Å². The summed E-state index contributed by atoms with van der Waals surface area (Å²) in [4.78, 5) is 2.54. The van der Waals surface area contributed by atoms with E-state index >= 15 is 0 Å². The van der Waals surface area contributed by atoms with Crippen LogP contribution in [-0.4, -0.2) is 44.7 Å². The molecule has 1 unspecified atom stereocenters. The van der Waals surface area contributed by atoms with Crippen LogP contribution in [0.3, 0.4) is 0 Å². The van der Waals surface area contributed by atoms with Crippen LogP contribution in [0.15, 0.2) is 24.3 Å². The van der Waals surface area contributed by atoms with Crippen LogP contribution in [0.2, 0.25) is 0 Å². The quantitative estimate of drug-likeness (QED) is 0.864. The number of likely N-dealkylation sites (tertiary alicyclic amines) is 1. The van der Waals surface area contributed by atoms with Crippen LogP contribution in [0.25, 0.3) is 0 Å². The Labute approximate surface area is 139 Å². The summed E-state index contributed by atoms with van der Waals surface area (Å²) in [6.45, 7) is 1.94. The zero-order chi connectivity index (χ0) is 16.5. The van der Waals surface area contributed by atoms with Crippen molar-refractivity contribution in [3.8, 4) is 0 Å². The van der Waals surface area contributed by atoms with E-state index in [-0.39, 0.29) is 0 Å². The third-order valence-corrected chi connectivity index (χ3v) is 6.02. The molecule has 2 fully saturated rings. The second-order valence-electron chi connectivity index (χ2n) is 7.03. The second kappa shape index (κ2) is 6.42. The first-order valence-corrected chi connectivity index (χ1v) is 10.3. The Morgan fingerprint density at radius 1 is 1.30 bits per heavy atom. The van der Waals surface area contributed by atoms with Gasteiger partial charge in [-0.2, -0.15) is 0 Å². The van der Waals surface area contributed by atoms with Gasteiger partial charge in [-0.05, 0) is 50.6 Å². The molecule has 1 heterocycles. The number of likely N-dealkylation sites (N-methyl/N-ethyl adjacent to an activating group) is 1. The monoisotopic (exact) mass is 337 g/mol. The Morgan fingerprint density at radius 2 is 2.04 bits per heavy atom. The molecule has 1 aromatic rings. The fraction of sp³-hybridized carbons (Fsp3) is 0.647. The van der Waals surface area contributed by atoms with Gasteiger partial charge in [-0.1, -0.05) is 25.0 Å². The summed E-state index contributed by atoms with van der Waals surface area (Å²) >= 11 is 0. The van der Waals surface area contributed by atoms with E-state index in [9.17, 15) is 8.42 Å². The zero-order valence-corrected chi connectivity index (χ0v) is 14.8. The third-order valence-electron chi connectivity index (χ3n) is 5.41. The van der Waals surface area contributed by atoms with Crippen LogP contribution in [0.5, 0.6) is 0 Å². The molecular weight excluding hydrogens is 310 g/mol. The lowest BCUT2D eigenvalue weighted by Crippen LogP contribution is -2.51. The SMILES string of the molecule is CN1CCC(NCc2cccc(NS(C)(=O)=O)c2)C12CCCC2. The number of rotatable bonds is 5. The Balaban J connectivity index is 1.65. The van der Waals surface area contributed by atoms with E-state index in [0.29, 0.717) is 17.3 Å². The highest BCUT2D eigenvalue weighted by Gasteiger charge is 2.47. The number of nitrogens with one attached hydrogen (secondary N) is 2. The second-order valence-corrected chi connectivity index (χ2v) is 8.78. The number of sulfonamides is 1. The fourth-order valence-corrected chi connectivity index (χ4v) is 4.84. The summed E-state index contributed by atoms with van der Waals surface area (Å²) in [6, 6.07) is 8.17. The lowest BCUT2D eigenvalue weighted by Gasteiger charge is -2.37. The molecular formula is C17H27N3O2S. The van der Waals surface area contributed by atoms with Crippen molar-refractivity contribution < 1.29 is 8.42 Å². The molecule has 23 heavy (non-hydrogen) atoms. The van der Waals surface area contributed by atoms with Crippen LogP contribution < -0.4 is 10.0 Å². The first-order chi connectivity index (χ1) is 10.9. The summed E-state index contributed by atoms with van der Waals surface area (Å²) in [5.74, 6) is 0. The molecule has 1 aliphatic heterocycles. The molecule has 0 aromatic heterocycles. The maximum absolute atomic E-state index is 11.4. The molecule has 6 heteroatoms. The molecule has 1 aliphatic carbocycles. The van der Waals surface area contributed by atoms with E-state index in [1.165, 1.54) is 38.4 Å². The number of anilines is 1. The van der Waals surface area contributed by atoms with E-state index < -0.39 is 10.0 Å². The lowest BCUT2D eigenvalue weighted by atomic mass is 9.89. The van der Waals surface area contributed by atoms with Gasteiger partial charge < -0.3 is 5.32 Å². The molecule has 1 saturated heterocycles. The van der Waals surface area contributed by atoms with Gasteiger partial charge in [0.15, 0.2) is 0 Å². The van der Waals surface area contributed by atoms with Crippen molar-refractivity contribution in [2.75, 3.05) is 24.6 Å². The first-order valence-electron chi connectivity index (χ1n) is 8.40. The molecule has 2 aliphatic rings. The average molecular weight is 337 g/mol. The summed E-state index contributed by atoms with van der Waals surface area (Å²) < 4.78 is 25.2. The standard InChI is InChI=1S/C17H27N3O2S/c1-20-11-8-16(17(20)9-3-4-10-17)18-13-14-6-5-7-15(12-14)19-23(2,21)22/h5-7,12,16,18-19H,3-4,8-11,13H2,1-2H3. The number of benzene rings is 1. The minimum Gasteiger partial charge on any atom is -0.308 e. The highest BCUT2D eigenvalue weighted by atomic mass is 32.2. The first kappa shape index (κ1) is 16.7. The molecule has 3 rings (SSSR count). The lowest BCUT2D eigenvalue weighted by molar-refractivity contribution is 0.149. The fourth-order valence-electron chi connectivity index (χ4n) is 4.29. The Bertz CT molecular complexity index is 654. The number of hydrogen-bond donors (Lipinski definition) is 2. The van der Waals surface area contributed by atoms with Crippen molar-refractivity contribution in [3.05, 3.63) is 29.8 Å². The largest absolute Gasteiger partial charge is 0.308 e. The minimum absolute atomic E-state index is 0.336. The molecule has 1 spiro atoms. The van der Waals surface area contributed by atoms with E-state index in [1.807, 2.05) is 18.2 Å². The topological polar surface area (TPSA) is 61.4 Å². The molecule has 0 radical (unpaired) electrons. The van der Waals surface area contributed by atoms with Crippen molar-refractivity contribution in [2.45, 2.75) is 50.2 Å². The Kier molecular flexibility index (Phi) is 4.67. The summed E-state index contributed by atoms with van der Waals surface area (Å²) in [5, 5.41) is 3.73.